The fourth-order valence-corrected chi connectivity index (χ4v) is 2.55. The van der Waals surface area contributed by atoms with E-state index in [1.54, 1.807) is 7.11 Å². The number of nitrogens with one attached hydrogen (secondary N) is 2. The summed E-state index contributed by atoms with van der Waals surface area (Å²) in [6, 6.07) is 7.48. The van der Waals surface area contributed by atoms with Crippen molar-refractivity contribution in [2.24, 2.45) is 11.1 Å². The molecule has 0 aliphatic carbocycles. The number of fused-ring (bicyclic) bond motifs is 1. The SMILES string of the molecule is COCCC(C)(C)CNC(=O)[C@@H](N)Cc1c[nH]c2ccccc12. The van der Waals surface area contributed by atoms with E-state index >= 15 is 0 Å². The van der Waals surface area contributed by atoms with Gasteiger partial charge in [0.25, 0.3) is 0 Å². The highest BCUT2D eigenvalue weighted by Crippen LogP contribution is 2.20. The molecule has 126 valence electrons. The van der Waals surface area contributed by atoms with Crippen LogP contribution in [0.5, 0.6) is 0 Å². The molecule has 2 aromatic rings. The van der Waals surface area contributed by atoms with Gasteiger partial charge in [0.2, 0.25) is 5.91 Å². The monoisotopic (exact) mass is 317 g/mol. The number of para-hydroxylation sites is 1. The number of hydrogen-bond donors (Lipinski definition) is 3. The zero-order valence-corrected chi connectivity index (χ0v) is 14.2. The van der Waals surface area contributed by atoms with Gasteiger partial charge in [-0.1, -0.05) is 32.0 Å². The summed E-state index contributed by atoms with van der Waals surface area (Å²) in [6.45, 7) is 5.50. The Morgan fingerprint density at radius 2 is 2.13 bits per heavy atom. The summed E-state index contributed by atoms with van der Waals surface area (Å²) < 4.78 is 5.10. The van der Waals surface area contributed by atoms with Crippen LogP contribution in [0.15, 0.2) is 30.5 Å². The second-order valence-corrected chi connectivity index (χ2v) is 6.79. The van der Waals surface area contributed by atoms with Crippen LogP contribution in [0, 0.1) is 5.41 Å². The van der Waals surface area contributed by atoms with Gasteiger partial charge in [-0.25, -0.2) is 0 Å². The molecule has 4 N–H and O–H groups in total. The van der Waals surface area contributed by atoms with E-state index in [-0.39, 0.29) is 11.3 Å². The first kappa shape index (κ1) is 17.5. The third-order valence-electron chi connectivity index (χ3n) is 4.18. The molecule has 1 amide bonds. The minimum Gasteiger partial charge on any atom is -0.385 e. The minimum atomic E-state index is -0.549. The lowest BCUT2D eigenvalue weighted by Crippen LogP contribution is -2.45. The Morgan fingerprint density at radius 3 is 2.87 bits per heavy atom. The number of carbonyl (C=O) groups is 1. The molecular formula is C18H27N3O2. The highest BCUT2D eigenvalue weighted by Gasteiger charge is 2.21. The molecule has 1 atom stereocenters. The lowest BCUT2D eigenvalue weighted by molar-refractivity contribution is -0.122. The first-order valence-corrected chi connectivity index (χ1v) is 8.00. The van der Waals surface area contributed by atoms with Crippen molar-refractivity contribution < 1.29 is 9.53 Å². The molecule has 5 heteroatoms. The molecule has 1 aromatic carbocycles. The normalized spacial score (nSPS) is 13.2. The van der Waals surface area contributed by atoms with Gasteiger partial charge in [-0.15, -0.1) is 0 Å². The first-order chi connectivity index (χ1) is 10.9. The molecular weight excluding hydrogens is 290 g/mol. The molecule has 5 nitrogen and oxygen atoms in total. The Balaban J connectivity index is 1.90. The maximum Gasteiger partial charge on any atom is 0.237 e. The first-order valence-electron chi connectivity index (χ1n) is 8.00. The number of aromatic amines is 1. The van der Waals surface area contributed by atoms with Crippen molar-refractivity contribution in [2.75, 3.05) is 20.3 Å². The Labute approximate surface area is 137 Å². The van der Waals surface area contributed by atoms with Crippen molar-refractivity contribution in [3.05, 3.63) is 36.0 Å². The number of aromatic nitrogens is 1. The summed E-state index contributed by atoms with van der Waals surface area (Å²) in [7, 11) is 1.69. The highest BCUT2D eigenvalue weighted by atomic mass is 16.5. The Hall–Kier alpha value is -1.85. The summed E-state index contributed by atoms with van der Waals surface area (Å²) in [5.41, 5.74) is 8.21. The van der Waals surface area contributed by atoms with Crippen LogP contribution in [0.2, 0.25) is 0 Å². The largest absolute Gasteiger partial charge is 0.385 e. The Morgan fingerprint density at radius 1 is 1.39 bits per heavy atom. The summed E-state index contributed by atoms with van der Waals surface area (Å²) in [4.78, 5) is 15.5. The highest BCUT2D eigenvalue weighted by molar-refractivity contribution is 5.86. The van der Waals surface area contributed by atoms with Crippen molar-refractivity contribution in [1.29, 1.82) is 0 Å². The van der Waals surface area contributed by atoms with Crippen LogP contribution >= 0.6 is 0 Å². The van der Waals surface area contributed by atoms with Crippen molar-refractivity contribution in [1.82, 2.24) is 10.3 Å². The van der Waals surface area contributed by atoms with Gasteiger partial charge in [-0.05, 0) is 29.9 Å². The maximum absolute atomic E-state index is 12.2. The van der Waals surface area contributed by atoms with Crippen LogP contribution < -0.4 is 11.1 Å². The summed E-state index contributed by atoms with van der Waals surface area (Å²) in [5, 5.41) is 4.08. The molecule has 0 aliphatic heterocycles. The number of ether oxygens (including phenoxy) is 1. The quantitative estimate of drug-likeness (QED) is 0.698. The maximum atomic E-state index is 12.2. The predicted molar refractivity (Wildman–Crippen MR) is 93.3 cm³/mol. The van der Waals surface area contributed by atoms with Gasteiger partial charge < -0.3 is 20.8 Å². The topological polar surface area (TPSA) is 80.1 Å². The van der Waals surface area contributed by atoms with Gasteiger partial charge in [-0.3, -0.25) is 4.79 Å². The van der Waals surface area contributed by atoms with Gasteiger partial charge >= 0.3 is 0 Å². The Bertz CT molecular complexity index is 649. The van der Waals surface area contributed by atoms with E-state index < -0.39 is 6.04 Å². The predicted octanol–water partition coefficient (Wildman–Crippen LogP) is 2.22. The van der Waals surface area contributed by atoms with Gasteiger partial charge in [0, 0.05) is 37.4 Å². The third-order valence-corrected chi connectivity index (χ3v) is 4.18. The standard InChI is InChI=1S/C18H27N3O2/c1-18(2,8-9-23-3)12-21-17(22)15(19)10-13-11-20-16-7-5-4-6-14(13)16/h4-7,11,15,20H,8-10,12,19H2,1-3H3,(H,21,22)/t15-/m0/s1. The van der Waals surface area contributed by atoms with E-state index in [0.717, 1.165) is 22.9 Å². The van der Waals surface area contributed by atoms with Crippen molar-refractivity contribution in [2.45, 2.75) is 32.7 Å². The van der Waals surface area contributed by atoms with E-state index in [9.17, 15) is 4.79 Å². The second-order valence-electron chi connectivity index (χ2n) is 6.79. The molecule has 2 rings (SSSR count). The lowest BCUT2D eigenvalue weighted by atomic mass is 9.89. The van der Waals surface area contributed by atoms with Gasteiger partial charge in [0.15, 0.2) is 0 Å². The number of H-pyrrole nitrogens is 1. The number of amides is 1. The fourth-order valence-electron chi connectivity index (χ4n) is 2.55. The molecule has 0 unspecified atom stereocenters. The number of carbonyl (C=O) groups excluding carboxylic acids is 1. The average Bonchev–Trinajstić information content (AvgIpc) is 2.94. The molecule has 1 aromatic heterocycles. The summed E-state index contributed by atoms with van der Waals surface area (Å²) in [5.74, 6) is -0.110. The van der Waals surface area contributed by atoms with Crippen LogP contribution in [0.25, 0.3) is 10.9 Å². The van der Waals surface area contributed by atoms with E-state index in [1.165, 1.54) is 0 Å². The van der Waals surface area contributed by atoms with Crippen LogP contribution in [0.1, 0.15) is 25.8 Å². The van der Waals surface area contributed by atoms with Crippen LogP contribution in [-0.2, 0) is 16.0 Å². The van der Waals surface area contributed by atoms with E-state index in [4.69, 9.17) is 10.5 Å². The number of hydrogen-bond acceptors (Lipinski definition) is 3. The minimum absolute atomic E-state index is 0.00777. The molecule has 0 spiro atoms. The number of methoxy groups -OCH3 is 1. The van der Waals surface area contributed by atoms with Gasteiger partial charge in [0.1, 0.15) is 0 Å². The average molecular weight is 317 g/mol. The van der Waals surface area contributed by atoms with Crippen LogP contribution in [-0.4, -0.2) is 37.2 Å². The number of rotatable bonds is 8. The molecule has 0 saturated carbocycles. The molecule has 0 radical (unpaired) electrons. The molecule has 0 saturated heterocycles. The van der Waals surface area contributed by atoms with Crippen LogP contribution in [0.4, 0.5) is 0 Å². The van der Waals surface area contributed by atoms with E-state index in [1.807, 2.05) is 30.5 Å². The van der Waals surface area contributed by atoms with E-state index in [2.05, 4.69) is 24.1 Å². The molecule has 0 bridgehead atoms. The molecule has 0 aliphatic rings. The number of benzene rings is 1. The lowest BCUT2D eigenvalue weighted by Gasteiger charge is -2.25. The molecule has 0 fully saturated rings. The molecule has 1 heterocycles. The van der Waals surface area contributed by atoms with Crippen molar-refractivity contribution in [3.63, 3.8) is 0 Å². The van der Waals surface area contributed by atoms with Gasteiger partial charge in [-0.2, -0.15) is 0 Å². The summed E-state index contributed by atoms with van der Waals surface area (Å²) in [6.07, 6.45) is 3.34. The summed E-state index contributed by atoms with van der Waals surface area (Å²) >= 11 is 0. The zero-order valence-electron chi connectivity index (χ0n) is 14.2. The third kappa shape index (κ3) is 4.81. The zero-order chi connectivity index (χ0) is 16.9. The van der Waals surface area contributed by atoms with E-state index in [0.29, 0.717) is 19.6 Å². The van der Waals surface area contributed by atoms with Crippen molar-refractivity contribution in [3.8, 4) is 0 Å². The van der Waals surface area contributed by atoms with Crippen molar-refractivity contribution >= 4 is 16.8 Å². The number of nitrogens with two attached hydrogens (primary N) is 1. The molecule has 23 heavy (non-hydrogen) atoms. The van der Waals surface area contributed by atoms with Crippen LogP contribution in [0.3, 0.4) is 0 Å². The smallest absolute Gasteiger partial charge is 0.237 e. The Kier molecular flexibility index (Phi) is 5.80. The van der Waals surface area contributed by atoms with Gasteiger partial charge in [0.05, 0.1) is 6.04 Å². The fraction of sp³-hybridized carbons (Fsp3) is 0.500. The second kappa shape index (κ2) is 7.62.